The summed E-state index contributed by atoms with van der Waals surface area (Å²) in [7, 11) is 0. The van der Waals surface area contributed by atoms with Gasteiger partial charge in [0.1, 0.15) is 11.5 Å². The summed E-state index contributed by atoms with van der Waals surface area (Å²) >= 11 is 0. The minimum atomic E-state index is -4.41. The normalized spacial score (nSPS) is 11.4. The number of rotatable bonds is 2. The zero-order valence-corrected chi connectivity index (χ0v) is 10.2. The monoisotopic (exact) mass is 267 g/mol. The highest BCUT2D eigenvalue weighted by Crippen LogP contribution is 2.35. The molecule has 19 heavy (non-hydrogen) atoms. The molecule has 2 rings (SSSR count). The minimum absolute atomic E-state index is 0.0451. The van der Waals surface area contributed by atoms with Gasteiger partial charge in [0.25, 0.3) is 0 Å². The van der Waals surface area contributed by atoms with Crippen LogP contribution in [0.3, 0.4) is 0 Å². The van der Waals surface area contributed by atoms with E-state index in [2.05, 4.69) is 0 Å². The van der Waals surface area contributed by atoms with E-state index in [1.807, 2.05) is 13.0 Å². The number of ether oxygens (including phenoxy) is 1. The lowest BCUT2D eigenvalue weighted by molar-refractivity contribution is -0.137. The van der Waals surface area contributed by atoms with E-state index in [0.717, 1.165) is 17.7 Å². The Bertz CT molecular complexity index is 593. The van der Waals surface area contributed by atoms with Crippen molar-refractivity contribution in [1.82, 2.24) is 0 Å². The molecule has 0 aliphatic rings. The van der Waals surface area contributed by atoms with Gasteiger partial charge in [-0.3, -0.25) is 0 Å². The molecule has 0 saturated heterocycles. The van der Waals surface area contributed by atoms with Gasteiger partial charge in [-0.15, -0.1) is 0 Å². The Morgan fingerprint density at radius 2 is 1.79 bits per heavy atom. The third kappa shape index (κ3) is 3.19. The first kappa shape index (κ1) is 13.3. The third-order valence-electron chi connectivity index (χ3n) is 2.55. The Morgan fingerprint density at radius 1 is 1.05 bits per heavy atom. The molecule has 2 nitrogen and oxygen atoms in total. The van der Waals surface area contributed by atoms with E-state index in [0.29, 0.717) is 5.75 Å². The van der Waals surface area contributed by atoms with Crippen molar-refractivity contribution in [2.45, 2.75) is 13.1 Å². The van der Waals surface area contributed by atoms with Gasteiger partial charge < -0.3 is 10.5 Å². The Morgan fingerprint density at radius 3 is 2.37 bits per heavy atom. The first-order valence-corrected chi connectivity index (χ1v) is 5.57. The molecule has 2 aromatic carbocycles. The van der Waals surface area contributed by atoms with E-state index >= 15 is 0 Å². The first-order chi connectivity index (χ1) is 8.86. The smallest absolute Gasteiger partial charge is 0.416 e. The molecule has 0 amide bonds. The topological polar surface area (TPSA) is 35.2 Å². The summed E-state index contributed by atoms with van der Waals surface area (Å²) in [6.07, 6.45) is -4.41. The second kappa shape index (κ2) is 4.84. The van der Waals surface area contributed by atoms with Crippen LogP contribution >= 0.6 is 0 Å². The standard InChI is InChI=1S/C14H12F3NO/c1-9-3-2-4-11(7-9)19-13-6-5-10(8-12(13)18)14(15,16)17/h2-8H,18H2,1H3. The Hall–Kier alpha value is -2.17. The molecule has 2 aromatic rings. The van der Waals surface area contributed by atoms with Crippen LogP contribution in [0.15, 0.2) is 42.5 Å². The highest BCUT2D eigenvalue weighted by Gasteiger charge is 2.30. The number of nitrogen functional groups attached to an aromatic ring is 1. The molecule has 0 spiro atoms. The molecule has 0 aliphatic carbocycles. The van der Waals surface area contributed by atoms with Crippen molar-refractivity contribution in [2.24, 2.45) is 0 Å². The minimum Gasteiger partial charge on any atom is -0.455 e. The van der Waals surface area contributed by atoms with Gasteiger partial charge in [-0.1, -0.05) is 12.1 Å². The highest BCUT2D eigenvalue weighted by atomic mass is 19.4. The predicted molar refractivity (Wildman–Crippen MR) is 67.1 cm³/mol. The number of benzene rings is 2. The molecule has 0 heterocycles. The van der Waals surface area contributed by atoms with Crippen LogP contribution in [-0.4, -0.2) is 0 Å². The maximum absolute atomic E-state index is 12.5. The number of alkyl halides is 3. The number of anilines is 1. The molecule has 0 saturated carbocycles. The van der Waals surface area contributed by atoms with E-state index < -0.39 is 11.7 Å². The largest absolute Gasteiger partial charge is 0.455 e. The van der Waals surface area contributed by atoms with Gasteiger partial charge in [0.2, 0.25) is 0 Å². The van der Waals surface area contributed by atoms with Crippen LogP contribution in [-0.2, 0) is 6.18 Å². The van der Waals surface area contributed by atoms with E-state index in [1.165, 1.54) is 6.07 Å². The number of nitrogens with two attached hydrogens (primary N) is 1. The van der Waals surface area contributed by atoms with Crippen LogP contribution in [0, 0.1) is 6.92 Å². The molecule has 100 valence electrons. The van der Waals surface area contributed by atoms with Crippen LogP contribution in [0.5, 0.6) is 11.5 Å². The van der Waals surface area contributed by atoms with Gasteiger partial charge >= 0.3 is 6.18 Å². The van der Waals surface area contributed by atoms with Gasteiger partial charge in [-0.05, 0) is 42.8 Å². The first-order valence-electron chi connectivity index (χ1n) is 5.57. The molecular formula is C14H12F3NO. The van der Waals surface area contributed by atoms with Gasteiger partial charge in [0.05, 0.1) is 11.3 Å². The lowest BCUT2D eigenvalue weighted by Crippen LogP contribution is -2.05. The average Bonchev–Trinajstić information content (AvgIpc) is 2.30. The summed E-state index contributed by atoms with van der Waals surface area (Å²) in [6, 6.07) is 10.2. The second-order valence-electron chi connectivity index (χ2n) is 4.17. The number of halogens is 3. The Kier molecular flexibility index (Phi) is 3.38. The van der Waals surface area contributed by atoms with Crippen molar-refractivity contribution in [1.29, 1.82) is 0 Å². The summed E-state index contributed by atoms with van der Waals surface area (Å²) in [5.74, 6) is 0.741. The van der Waals surface area contributed by atoms with Crippen molar-refractivity contribution in [3.05, 3.63) is 53.6 Å². The van der Waals surface area contributed by atoms with E-state index in [9.17, 15) is 13.2 Å². The van der Waals surface area contributed by atoms with Crippen molar-refractivity contribution in [3.8, 4) is 11.5 Å². The van der Waals surface area contributed by atoms with Crippen molar-refractivity contribution >= 4 is 5.69 Å². The number of hydrogen-bond donors (Lipinski definition) is 1. The Balaban J connectivity index is 2.27. The molecule has 0 aromatic heterocycles. The highest BCUT2D eigenvalue weighted by molar-refractivity contribution is 5.56. The van der Waals surface area contributed by atoms with E-state index in [-0.39, 0.29) is 11.4 Å². The van der Waals surface area contributed by atoms with Crippen LogP contribution < -0.4 is 10.5 Å². The van der Waals surface area contributed by atoms with Crippen molar-refractivity contribution < 1.29 is 17.9 Å². The van der Waals surface area contributed by atoms with Gasteiger partial charge in [-0.2, -0.15) is 13.2 Å². The van der Waals surface area contributed by atoms with Crippen LogP contribution in [0.25, 0.3) is 0 Å². The average molecular weight is 267 g/mol. The summed E-state index contributed by atoms with van der Waals surface area (Å²) in [4.78, 5) is 0. The predicted octanol–water partition coefficient (Wildman–Crippen LogP) is 4.39. The van der Waals surface area contributed by atoms with Crippen molar-refractivity contribution in [2.75, 3.05) is 5.73 Å². The summed E-state index contributed by atoms with van der Waals surface area (Å²) in [6.45, 7) is 1.89. The zero-order valence-electron chi connectivity index (χ0n) is 10.2. The molecule has 2 N–H and O–H groups in total. The SMILES string of the molecule is Cc1cccc(Oc2ccc(C(F)(F)F)cc2N)c1. The fourth-order valence-electron chi connectivity index (χ4n) is 1.62. The molecule has 0 radical (unpaired) electrons. The lowest BCUT2D eigenvalue weighted by atomic mass is 10.2. The molecule has 0 aliphatic heterocycles. The second-order valence-corrected chi connectivity index (χ2v) is 4.17. The van der Waals surface area contributed by atoms with Crippen LogP contribution in [0.4, 0.5) is 18.9 Å². The van der Waals surface area contributed by atoms with E-state index in [4.69, 9.17) is 10.5 Å². The fourth-order valence-corrected chi connectivity index (χ4v) is 1.62. The molecular weight excluding hydrogens is 255 g/mol. The van der Waals surface area contributed by atoms with Crippen LogP contribution in [0.1, 0.15) is 11.1 Å². The maximum atomic E-state index is 12.5. The van der Waals surface area contributed by atoms with Gasteiger partial charge in [0.15, 0.2) is 0 Å². The molecule has 0 unspecified atom stereocenters. The summed E-state index contributed by atoms with van der Waals surface area (Å²) in [5.41, 5.74) is 5.73. The fraction of sp³-hybridized carbons (Fsp3) is 0.143. The van der Waals surface area contributed by atoms with E-state index in [1.54, 1.807) is 18.2 Å². The maximum Gasteiger partial charge on any atom is 0.416 e. The molecule has 0 bridgehead atoms. The Labute approximate surface area is 108 Å². The zero-order chi connectivity index (χ0) is 14.0. The van der Waals surface area contributed by atoms with Gasteiger partial charge in [0, 0.05) is 0 Å². The third-order valence-corrected chi connectivity index (χ3v) is 2.55. The molecule has 0 atom stereocenters. The van der Waals surface area contributed by atoms with Crippen LogP contribution in [0.2, 0.25) is 0 Å². The van der Waals surface area contributed by atoms with Crippen molar-refractivity contribution in [3.63, 3.8) is 0 Å². The van der Waals surface area contributed by atoms with Gasteiger partial charge in [-0.25, -0.2) is 0 Å². The number of hydrogen-bond acceptors (Lipinski definition) is 2. The quantitative estimate of drug-likeness (QED) is 0.819. The summed E-state index contributed by atoms with van der Waals surface area (Å²) < 4.78 is 42.9. The summed E-state index contributed by atoms with van der Waals surface area (Å²) in [5, 5.41) is 0. The molecule has 5 heteroatoms. The number of aryl methyl sites for hydroxylation is 1. The lowest BCUT2D eigenvalue weighted by Gasteiger charge is -2.12. The molecule has 0 fully saturated rings.